The lowest BCUT2D eigenvalue weighted by Gasteiger charge is -2.15. The minimum Gasteiger partial charge on any atom is -0.289 e. The Balaban J connectivity index is 3.02. The number of halogens is 3. The van der Waals surface area contributed by atoms with Crippen molar-refractivity contribution in [1.29, 1.82) is 0 Å². The Morgan fingerprint density at radius 2 is 1.83 bits per heavy atom. The molecule has 4 heteroatoms. The second-order valence-electron chi connectivity index (χ2n) is 4.90. The molecule has 0 saturated heterocycles. The van der Waals surface area contributed by atoms with Gasteiger partial charge in [-0.25, -0.2) is 0 Å². The van der Waals surface area contributed by atoms with Crippen molar-refractivity contribution in [2.45, 2.75) is 20.8 Å². The van der Waals surface area contributed by atoms with Crippen LogP contribution in [-0.2, 0) is 0 Å². The van der Waals surface area contributed by atoms with Gasteiger partial charge in [-0.15, -0.1) is 11.6 Å². The number of benzene rings is 1. The molecule has 98 valence electrons. The fourth-order valence-corrected chi connectivity index (χ4v) is 1.82. The molecule has 0 unspecified atom stereocenters. The van der Waals surface area contributed by atoms with E-state index in [-0.39, 0.29) is 11.2 Å². The summed E-state index contributed by atoms with van der Waals surface area (Å²) in [6.07, 6.45) is 3.35. The van der Waals surface area contributed by atoms with Gasteiger partial charge in [0, 0.05) is 11.4 Å². The minimum absolute atomic E-state index is 0.0933. The predicted molar refractivity (Wildman–Crippen MR) is 79.2 cm³/mol. The van der Waals surface area contributed by atoms with Crippen molar-refractivity contribution in [2.75, 3.05) is 5.88 Å². The molecule has 0 bridgehead atoms. The largest absolute Gasteiger partial charge is 0.289 e. The summed E-state index contributed by atoms with van der Waals surface area (Å²) >= 11 is 17.6. The fourth-order valence-electron chi connectivity index (χ4n) is 1.35. The number of aryl methyl sites for hydroxylation is 1. The molecule has 0 aliphatic carbocycles. The third-order valence-electron chi connectivity index (χ3n) is 2.56. The molecule has 0 saturated carbocycles. The molecule has 0 atom stereocenters. The minimum atomic E-state index is -0.207. The summed E-state index contributed by atoms with van der Waals surface area (Å²) < 4.78 is 0. The highest BCUT2D eigenvalue weighted by molar-refractivity contribution is 6.42. The molecular weight excluding hydrogens is 291 g/mol. The lowest BCUT2D eigenvalue weighted by Crippen LogP contribution is -2.10. The molecular formula is C14H15Cl3O. The van der Waals surface area contributed by atoms with E-state index < -0.39 is 0 Å². The maximum absolute atomic E-state index is 12.1. The van der Waals surface area contributed by atoms with Crippen LogP contribution in [0, 0.1) is 12.3 Å². The van der Waals surface area contributed by atoms with Gasteiger partial charge in [0.25, 0.3) is 0 Å². The van der Waals surface area contributed by atoms with Gasteiger partial charge in [0.05, 0.1) is 10.0 Å². The molecule has 0 heterocycles. The molecule has 0 amide bonds. The molecule has 18 heavy (non-hydrogen) atoms. The zero-order valence-electron chi connectivity index (χ0n) is 10.6. The Morgan fingerprint density at radius 3 is 2.39 bits per heavy atom. The number of hydrogen-bond donors (Lipinski definition) is 0. The van der Waals surface area contributed by atoms with Crippen molar-refractivity contribution in [1.82, 2.24) is 0 Å². The summed E-state index contributed by atoms with van der Waals surface area (Å²) in [7, 11) is 0. The third kappa shape index (κ3) is 4.01. The summed E-state index contributed by atoms with van der Waals surface area (Å²) in [5.41, 5.74) is 1.16. The average Bonchev–Trinajstić information content (AvgIpc) is 2.31. The van der Waals surface area contributed by atoms with Gasteiger partial charge >= 0.3 is 0 Å². The molecule has 0 N–H and O–H groups in total. The summed E-state index contributed by atoms with van der Waals surface area (Å²) in [5, 5.41) is 0.839. The van der Waals surface area contributed by atoms with Gasteiger partial charge in [-0.3, -0.25) is 4.79 Å². The Labute approximate surface area is 123 Å². The van der Waals surface area contributed by atoms with E-state index in [1.807, 2.05) is 26.8 Å². The van der Waals surface area contributed by atoms with Crippen LogP contribution in [0.4, 0.5) is 0 Å². The number of ketones is 1. The molecule has 1 aromatic carbocycles. The Morgan fingerprint density at radius 1 is 1.28 bits per heavy atom. The molecule has 0 aliphatic rings. The normalized spacial score (nSPS) is 12.1. The maximum atomic E-state index is 12.1. The first kappa shape index (κ1) is 15.6. The van der Waals surface area contributed by atoms with E-state index in [4.69, 9.17) is 34.8 Å². The van der Waals surface area contributed by atoms with Crippen LogP contribution >= 0.6 is 34.8 Å². The molecule has 1 aromatic rings. The Hall–Kier alpha value is -0.500. The van der Waals surface area contributed by atoms with Gasteiger partial charge in [0.1, 0.15) is 0 Å². The van der Waals surface area contributed by atoms with Crippen LogP contribution < -0.4 is 0 Å². The van der Waals surface area contributed by atoms with Crippen LogP contribution in [0.3, 0.4) is 0 Å². The van der Waals surface area contributed by atoms with E-state index >= 15 is 0 Å². The third-order valence-corrected chi connectivity index (χ3v) is 3.97. The van der Waals surface area contributed by atoms with Crippen LogP contribution in [0.15, 0.2) is 24.3 Å². The molecule has 0 spiro atoms. The number of allylic oxidation sites excluding steroid dienone is 2. The van der Waals surface area contributed by atoms with Gasteiger partial charge in [-0.1, -0.05) is 43.1 Å². The second kappa shape index (κ2) is 6.10. The maximum Gasteiger partial charge on any atom is 0.185 e. The van der Waals surface area contributed by atoms with E-state index in [1.54, 1.807) is 12.1 Å². The van der Waals surface area contributed by atoms with Gasteiger partial charge in [0.2, 0.25) is 0 Å². The van der Waals surface area contributed by atoms with E-state index in [9.17, 15) is 4.79 Å². The van der Waals surface area contributed by atoms with E-state index in [2.05, 4.69) is 0 Å². The van der Waals surface area contributed by atoms with Crippen molar-refractivity contribution in [3.63, 3.8) is 0 Å². The van der Waals surface area contributed by atoms with Crippen LogP contribution in [0.25, 0.3) is 0 Å². The van der Waals surface area contributed by atoms with Gasteiger partial charge < -0.3 is 0 Å². The number of alkyl halides is 1. The molecule has 1 rings (SSSR count). The lowest BCUT2D eigenvalue weighted by atomic mass is 9.94. The van der Waals surface area contributed by atoms with Crippen molar-refractivity contribution in [3.05, 3.63) is 45.5 Å². The predicted octanol–water partition coefficient (Wildman–Crippen LogP) is 5.31. The lowest BCUT2D eigenvalue weighted by molar-refractivity contribution is 0.104. The summed E-state index contributed by atoms with van der Waals surface area (Å²) in [4.78, 5) is 12.1. The zero-order valence-corrected chi connectivity index (χ0v) is 12.8. The topological polar surface area (TPSA) is 17.1 Å². The highest BCUT2D eigenvalue weighted by atomic mass is 35.5. The zero-order chi connectivity index (χ0) is 13.9. The Kier molecular flexibility index (Phi) is 5.27. The number of hydrogen-bond acceptors (Lipinski definition) is 1. The van der Waals surface area contributed by atoms with E-state index in [1.165, 1.54) is 6.08 Å². The summed E-state index contributed by atoms with van der Waals surface area (Å²) in [5.74, 6) is 0.362. The van der Waals surface area contributed by atoms with Crippen LogP contribution in [-0.4, -0.2) is 11.7 Å². The van der Waals surface area contributed by atoms with Crippen LogP contribution in [0.2, 0.25) is 10.0 Å². The standard InChI is InChI=1S/C14H15Cl3O/c1-9-6-11(16)12(17)7-10(9)13(18)4-5-14(2,3)8-15/h4-7H,8H2,1-3H3. The van der Waals surface area contributed by atoms with Crippen molar-refractivity contribution in [2.24, 2.45) is 5.41 Å². The van der Waals surface area contributed by atoms with Crippen LogP contribution in [0.1, 0.15) is 29.8 Å². The Bertz CT molecular complexity index is 490. The SMILES string of the molecule is Cc1cc(Cl)c(Cl)cc1C(=O)C=CC(C)(C)CCl. The smallest absolute Gasteiger partial charge is 0.185 e. The monoisotopic (exact) mass is 304 g/mol. The average molecular weight is 306 g/mol. The van der Waals surface area contributed by atoms with Crippen molar-refractivity contribution >= 4 is 40.6 Å². The van der Waals surface area contributed by atoms with E-state index in [0.717, 1.165) is 5.56 Å². The molecule has 0 aliphatic heterocycles. The fraction of sp³-hybridized carbons (Fsp3) is 0.357. The van der Waals surface area contributed by atoms with Crippen LogP contribution in [0.5, 0.6) is 0 Å². The molecule has 0 aromatic heterocycles. The second-order valence-corrected chi connectivity index (χ2v) is 5.98. The first-order valence-electron chi connectivity index (χ1n) is 5.52. The highest BCUT2D eigenvalue weighted by Crippen LogP contribution is 2.26. The van der Waals surface area contributed by atoms with Gasteiger partial charge in [-0.05, 0) is 36.1 Å². The van der Waals surface area contributed by atoms with E-state index in [0.29, 0.717) is 21.5 Å². The van der Waals surface area contributed by atoms with Crippen molar-refractivity contribution in [3.8, 4) is 0 Å². The van der Waals surface area contributed by atoms with Gasteiger partial charge in [0.15, 0.2) is 5.78 Å². The number of rotatable bonds is 4. The van der Waals surface area contributed by atoms with Crippen molar-refractivity contribution < 1.29 is 4.79 Å². The highest BCUT2D eigenvalue weighted by Gasteiger charge is 2.14. The number of carbonyl (C=O) groups excluding carboxylic acids is 1. The first-order chi connectivity index (χ1) is 8.26. The molecule has 1 nitrogen and oxygen atoms in total. The first-order valence-corrected chi connectivity index (χ1v) is 6.81. The summed E-state index contributed by atoms with van der Waals surface area (Å²) in [6.45, 7) is 5.76. The summed E-state index contributed by atoms with van der Waals surface area (Å²) in [6, 6.07) is 3.29. The quantitative estimate of drug-likeness (QED) is 0.419. The number of carbonyl (C=O) groups is 1. The molecule has 0 fully saturated rings. The molecule has 0 radical (unpaired) electrons. The van der Waals surface area contributed by atoms with Gasteiger partial charge in [-0.2, -0.15) is 0 Å².